The van der Waals surface area contributed by atoms with Gasteiger partial charge in [0.1, 0.15) is 30.2 Å². The average molecular weight is 761 g/mol. The molecule has 0 amide bonds. The van der Waals surface area contributed by atoms with Crippen LogP contribution in [-0.4, -0.2) is 129 Å². The monoisotopic (exact) mass is 760 g/mol. The topological polar surface area (TPSA) is 142 Å². The Bertz CT molecular complexity index is 1500. The van der Waals surface area contributed by atoms with E-state index >= 15 is 0 Å². The minimum Gasteiger partial charge on any atom is -0.491 e. The standard InChI is InChI=1S/C41H60O13/c1-20-34(43)28(44-6)16-33(48-20)53-35-21(2)49-31(15-27(35)42)54-36-22(3)50-32(17-29(36)45-7)51-24-10-12-39(4)23(14-24)8-9-25-26(39)11-13-41-19-47-40(5)37(41)30(18-46-40)52-38(25)41/h8-9,14,20-22,24,26-37,42-43H,10-13,15-19H2,1-7H3/t20-,21+,22+,24-,26-,27-,28+,29+,30+,31-,32-,33-,34-,35+,36+,37+,39-,40+,41-/m0/s1. The molecule has 0 aromatic carbocycles. The third-order valence-electron chi connectivity index (χ3n) is 14.6. The highest BCUT2D eigenvalue weighted by Gasteiger charge is 2.72. The summed E-state index contributed by atoms with van der Waals surface area (Å²) in [5.41, 5.74) is 2.63. The number of fused-ring (bicyclic) bond motifs is 3. The van der Waals surface area contributed by atoms with E-state index in [1.54, 1.807) is 21.1 Å². The van der Waals surface area contributed by atoms with Gasteiger partial charge in [0.05, 0.1) is 67.3 Å². The number of aliphatic hydroxyl groups is 2. The number of aliphatic hydroxyl groups excluding tert-OH is 2. The van der Waals surface area contributed by atoms with Gasteiger partial charge in [0.15, 0.2) is 24.7 Å². The van der Waals surface area contributed by atoms with Gasteiger partial charge in [0.25, 0.3) is 0 Å². The van der Waals surface area contributed by atoms with Crippen molar-refractivity contribution in [2.75, 3.05) is 27.4 Å². The SMILES string of the molecule is CO[C@@H]1C[C@H](O[C@H]2[C@@H](O)C[C@H](O[C@@H]3[C@@H](C)O[C@@H](O[C@@H]4C=C5C=CC6=C7O[C@@H]8CO[C@]9(C)OC[C@@]7(CC[C@@H]6[C@@]5(C)CC4)[C@H]89)C[C@H]3OC)O[C@@H]2C)O[C@@H](C)[C@@H]1O. The zero-order chi connectivity index (χ0) is 37.7. The molecule has 0 unspecified atom stereocenters. The molecular weight excluding hydrogens is 700 g/mol. The number of methoxy groups -OCH3 is 2. The molecule has 54 heavy (non-hydrogen) atoms. The first-order valence-corrected chi connectivity index (χ1v) is 20.3. The lowest BCUT2D eigenvalue weighted by Gasteiger charge is -2.50. The summed E-state index contributed by atoms with van der Waals surface area (Å²) in [6.07, 6.45) is 5.65. The molecule has 6 fully saturated rings. The second-order valence-electron chi connectivity index (χ2n) is 17.7. The molecule has 9 aliphatic rings. The van der Waals surface area contributed by atoms with Crippen molar-refractivity contribution in [1.82, 2.24) is 0 Å². The maximum Gasteiger partial charge on any atom is 0.173 e. The number of ether oxygens (including phenoxy) is 11. The number of rotatable bonds is 8. The molecule has 0 saturated carbocycles. The molecule has 6 aliphatic heterocycles. The van der Waals surface area contributed by atoms with E-state index in [1.165, 1.54) is 16.9 Å². The first-order chi connectivity index (χ1) is 25.9. The molecule has 13 heteroatoms. The second kappa shape index (κ2) is 14.1. The Labute approximate surface area is 318 Å². The zero-order valence-corrected chi connectivity index (χ0v) is 32.7. The molecule has 13 nitrogen and oxygen atoms in total. The lowest BCUT2D eigenvalue weighted by atomic mass is 9.54. The quantitative estimate of drug-likeness (QED) is 0.368. The summed E-state index contributed by atoms with van der Waals surface area (Å²) in [5.74, 6) is 1.30. The molecule has 3 aliphatic carbocycles. The van der Waals surface area contributed by atoms with E-state index in [0.717, 1.165) is 25.7 Å². The Morgan fingerprint density at radius 1 is 0.759 bits per heavy atom. The molecule has 6 saturated heterocycles. The highest BCUT2D eigenvalue weighted by molar-refractivity contribution is 5.48. The Balaban J connectivity index is 0.819. The fourth-order valence-corrected chi connectivity index (χ4v) is 11.6. The summed E-state index contributed by atoms with van der Waals surface area (Å²) in [6, 6.07) is 0. The van der Waals surface area contributed by atoms with Crippen molar-refractivity contribution in [2.24, 2.45) is 22.7 Å². The molecule has 9 rings (SSSR count). The van der Waals surface area contributed by atoms with Crippen molar-refractivity contribution >= 4 is 0 Å². The molecular formula is C41H60O13. The van der Waals surface area contributed by atoms with Crippen molar-refractivity contribution in [3.05, 3.63) is 35.1 Å². The molecule has 0 radical (unpaired) electrons. The summed E-state index contributed by atoms with van der Waals surface area (Å²) < 4.78 is 68.4. The van der Waals surface area contributed by atoms with E-state index in [2.05, 4.69) is 32.1 Å². The van der Waals surface area contributed by atoms with Crippen LogP contribution in [0.4, 0.5) is 0 Å². The molecule has 2 N–H and O–H groups in total. The lowest BCUT2D eigenvalue weighted by molar-refractivity contribution is -0.336. The van der Waals surface area contributed by atoms with Crippen molar-refractivity contribution in [1.29, 1.82) is 0 Å². The van der Waals surface area contributed by atoms with Crippen LogP contribution in [0.25, 0.3) is 0 Å². The summed E-state index contributed by atoms with van der Waals surface area (Å²) in [6.45, 7) is 11.4. The molecule has 0 bridgehead atoms. The van der Waals surface area contributed by atoms with Crippen LogP contribution in [0, 0.1) is 22.7 Å². The van der Waals surface area contributed by atoms with Gasteiger partial charge in [-0.25, -0.2) is 0 Å². The summed E-state index contributed by atoms with van der Waals surface area (Å²) in [7, 11) is 3.24. The van der Waals surface area contributed by atoms with Crippen LogP contribution >= 0.6 is 0 Å². The van der Waals surface area contributed by atoms with E-state index in [-0.39, 0.29) is 47.6 Å². The third-order valence-corrected chi connectivity index (χ3v) is 14.6. The van der Waals surface area contributed by atoms with Crippen LogP contribution < -0.4 is 0 Å². The van der Waals surface area contributed by atoms with Gasteiger partial charge >= 0.3 is 0 Å². The predicted octanol–water partition coefficient (Wildman–Crippen LogP) is 4.04. The Kier molecular flexibility index (Phi) is 9.96. The maximum atomic E-state index is 11.2. The van der Waals surface area contributed by atoms with Crippen LogP contribution in [-0.2, 0) is 52.1 Å². The van der Waals surface area contributed by atoms with Gasteiger partial charge in [0.2, 0.25) is 0 Å². The van der Waals surface area contributed by atoms with Crippen molar-refractivity contribution in [3.63, 3.8) is 0 Å². The molecule has 1 spiro atoms. The molecule has 0 aromatic heterocycles. The Morgan fingerprint density at radius 3 is 2.20 bits per heavy atom. The molecule has 302 valence electrons. The van der Waals surface area contributed by atoms with Gasteiger partial charge in [-0.1, -0.05) is 25.2 Å². The summed E-state index contributed by atoms with van der Waals surface area (Å²) in [5, 5.41) is 21.5. The van der Waals surface area contributed by atoms with Gasteiger partial charge in [-0.15, -0.1) is 0 Å². The highest BCUT2D eigenvalue weighted by Crippen LogP contribution is 2.68. The third kappa shape index (κ3) is 6.10. The first kappa shape index (κ1) is 38.1. The fourth-order valence-electron chi connectivity index (χ4n) is 11.6. The van der Waals surface area contributed by atoms with E-state index < -0.39 is 67.4 Å². The smallest absolute Gasteiger partial charge is 0.173 e. The van der Waals surface area contributed by atoms with Crippen LogP contribution in [0.3, 0.4) is 0 Å². The lowest BCUT2D eigenvalue weighted by Crippen LogP contribution is -2.56. The van der Waals surface area contributed by atoms with Crippen LogP contribution in [0.5, 0.6) is 0 Å². The molecule has 0 aromatic rings. The normalized spacial score (nSPS) is 53.7. The predicted molar refractivity (Wildman–Crippen MR) is 191 cm³/mol. The van der Waals surface area contributed by atoms with Gasteiger partial charge in [-0.2, -0.15) is 0 Å². The van der Waals surface area contributed by atoms with Crippen molar-refractivity contribution in [3.8, 4) is 0 Å². The Hall–Kier alpha value is -1.46. The highest BCUT2D eigenvalue weighted by atomic mass is 16.7. The van der Waals surface area contributed by atoms with Crippen LogP contribution in [0.15, 0.2) is 35.1 Å². The van der Waals surface area contributed by atoms with Crippen LogP contribution in [0.2, 0.25) is 0 Å². The maximum absolute atomic E-state index is 11.2. The van der Waals surface area contributed by atoms with E-state index in [0.29, 0.717) is 32.0 Å². The average Bonchev–Trinajstić information content (AvgIpc) is 3.77. The second-order valence-corrected chi connectivity index (χ2v) is 17.7. The minimum absolute atomic E-state index is 0.00995. The van der Waals surface area contributed by atoms with Gasteiger partial charge in [-0.3, -0.25) is 0 Å². The van der Waals surface area contributed by atoms with Crippen molar-refractivity contribution < 1.29 is 62.3 Å². The number of hydrogen-bond acceptors (Lipinski definition) is 13. The van der Waals surface area contributed by atoms with Gasteiger partial charge in [-0.05, 0) is 75.9 Å². The fraction of sp³-hybridized carbons (Fsp3) is 0.854. The largest absolute Gasteiger partial charge is 0.491 e. The molecule has 6 heterocycles. The zero-order valence-electron chi connectivity index (χ0n) is 32.7. The minimum atomic E-state index is -0.851. The number of hydrogen-bond donors (Lipinski definition) is 2. The summed E-state index contributed by atoms with van der Waals surface area (Å²) >= 11 is 0. The van der Waals surface area contributed by atoms with Crippen molar-refractivity contribution in [2.45, 2.75) is 171 Å². The first-order valence-electron chi connectivity index (χ1n) is 20.3. The van der Waals surface area contributed by atoms with E-state index in [4.69, 9.17) is 52.1 Å². The summed E-state index contributed by atoms with van der Waals surface area (Å²) in [4.78, 5) is 0. The number of allylic oxidation sites excluding steroid dienone is 4. The van der Waals surface area contributed by atoms with Gasteiger partial charge < -0.3 is 62.3 Å². The van der Waals surface area contributed by atoms with E-state index in [1.807, 2.05) is 13.8 Å². The van der Waals surface area contributed by atoms with E-state index in [9.17, 15) is 10.2 Å². The molecule has 19 atom stereocenters. The van der Waals surface area contributed by atoms with Crippen LogP contribution in [0.1, 0.15) is 79.6 Å². The van der Waals surface area contributed by atoms with Gasteiger partial charge in [0, 0.05) is 33.5 Å². The Morgan fingerprint density at radius 2 is 1.44 bits per heavy atom.